The highest BCUT2D eigenvalue weighted by Crippen LogP contribution is 2.23. The molecule has 21 heavy (non-hydrogen) atoms. The Kier molecular flexibility index (Phi) is 4.76. The van der Waals surface area contributed by atoms with E-state index in [2.05, 4.69) is 11.2 Å². The molecule has 0 heterocycles. The molecule has 0 aliphatic rings. The molecule has 0 saturated carbocycles. The van der Waals surface area contributed by atoms with Crippen molar-refractivity contribution in [1.82, 2.24) is 0 Å². The summed E-state index contributed by atoms with van der Waals surface area (Å²) in [5, 5.41) is 3.05. The van der Waals surface area contributed by atoms with E-state index < -0.39 is 0 Å². The normalized spacial score (nSPS) is 9.71. The van der Waals surface area contributed by atoms with E-state index in [4.69, 9.17) is 18.0 Å². The molecule has 0 saturated heterocycles. The lowest BCUT2D eigenvalue weighted by molar-refractivity contribution is -0.115. The molecule has 3 nitrogen and oxygen atoms in total. The van der Waals surface area contributed by atoms with Crippen LogP contribution in [0.5, 0.6) is 0 Å². The Morgan fingerprint density at radius 2 is 1.86 bits per heavy atom. The lowest BCUT2D eigenvalue weighted by Gasteiger charge is -2.10. The van der Waals surface area contributed by atoms with Gasteiger partial charge in [-0.25, -0.2) is 0 Å². The van der Waals surface area contributed by atoms with Gasteiger partial charge in [-0.2, -0.15) is 0 Å². The Morgan fingerprint density at radius 1 is 1.14 bits per heavy atom. The van der Waals surface area contributed by atoms with Crippen LogP contribution in [-0.4, -0.2) is 11.7 Å². The highest BCUT2D eigenvalue weighted by Gasteiger charge is 2.15. The third-order valence-electron chi connectivity index (χ3n) is 2.80. The predicted octanol–water partition coefficient (Wildman–Crippen LogP) is 3.53. The quantitative estimate of drug-likeness (QED) is 0.693. The zero-order valence-electron chi connectivity index (χ0n) is 11.1. The van der Waals surface area contributed by atoms with Gasteiger partial charge in [0.15, 0.2) is 5.78 Å². The highest BCUT2D eigenvalue weighted by molar-refractivity contribution is 6.31. The summed E-state index contributed by atoms with van der Waals surface area (Å²) in [5.41, 5.74) is 1.25. The molecule has 0 bridgehead atoms. The lowest BCUT2D eigenvalue weighted by atomic mass is 10.0. The first-order chi connectivity index (χ1) is 10.1. The third kappa shape index (κ3) is 3.71. The summed E-state index contributed by atoms with van der Waals surface area (Å²) >= 11 is 5.95. The van der Waals surface area contributed by atoms with Crippen molar-refractivity contribution in [3.8, 4) is 12.3 Å². The average Bonchev–Trinajstić information content (AvgIpc) is 2.49. The lowest BCUT2D eigenvalue weighted by Crippen LogP contribution is -2.14. The summed E-state index contributed by atoms with van der Waals surface area (Å²) in [6.07, 6.45) is 5.04. The fourth-order valence-electron chi connectivity index (χ4n) is 1.85. The minimum Gasteiger partial charge on any atom is -0.325 e. The van der Waals surface area contributed by atoms with Gasteiger partial charge >= 0.3 is 0 Å². The first kappa shape index (κ1) is 14.8. The van der Waals surface area contributed by atoms with E-state index in [-0.39, 0.29) is 18.1 Å². The molecule has 0 aliphatic heterocycles. The Hall–Kier alpha value is -2.57. The molecule has 4 heteroatoms. The molecule has 2 rings (SSSR count). The van der Waals surface area contributed by atoms with Crippen LogP contribution >= 0.6 is 11.6 Å². The Bertz CT molecular complexity index is 717. The Morgan fingerprint density at radius 3 is 2.52 bits per heavy atom. The molecule has 0 atom stereocenters. The van der Waals surface area contributed by atoms with E-state index in [0.717, 1.165) is 0 Å². The molecule has 0 radical (unpaired) electrons. The van der Waals surface area contributed by atoms with Crippen molar-refractivity contribution >= 4 is 29.0 Å². The summed E-state index contributed by atoms with van der Waals surface area (Å²) in [5.74, 6) is 1.70. The van der Waals surface area contributed by atoms with E-state index in [1.807, 2.05) is 6.07 Å². The summed E-state index contributed by atoms with van der Waals surface area (Å²) in [4.78, 5) is 24.1. The van der Waals surface area contributed by atoms with Crippen molar-refractivity contribution in [2.45, 2.75) is 6.42 Å². The number of nitrogens with one attached hydrogen (secondary N) is 1. The second-order valence-corrected chi connectivity index (χ2v) is 4.75. The fourth-order valence-corrected chi connectivity index (χ4v) is 2.02. The van der Waals surface area contributed by atoms with Crippen LogP contribution in [0, 0.1) is 12.3 Å². The largest absolute Gasteiger partial charge is 0.325 e. The van der Waals surface area contributed by atoms with Crippen molar-refractivity contribution in [2.24, 2.45) is 0 Å². The van der Waals surface area contributed by atoms with Gasteiger partial charge in [0, 0.05) is 16.1 Å². The van der Waals surface area contributed by atoms with Gasteiger partial charge in [-0.05, 0) is 18.2 Å². The number of terminal acetylenes is 1. The Labute approximate surface area is 127 Å². The minimum atomic E-state index is -0.345. The third-order valence-corrected chi connectivity index (χ3v) is 3.03. The molecule has 0 spiro atoms. The Balaban J connectivity index is 2.38. The van der Waals surface area contributed by atoms with Crippen molar-refractivity contribution in [2.75, 3.05) is 5.32 Å². The number of amides is 1. The van der Waals surface area contributed by atoms with Crippen LogP contribution < -0.4 is 5.32 Å². The number of carbonyl (C=O) groups excluding carboxylic acids is 2. The van der Waals surface area contributed by atoms with Crippen LogP contribution in [0.3, 0.4) is 0 Å². The van der Waals surface area contributed by atoms with Crippen LogP contribution in [0.4, 0.5) is 5.69 Å². The van der Waals surface area contributed by atoms with Crippen molar-refractivity contribution in [1.29, 1.82) is 0 Å². The number of halogens is 1. The van der Waals surface area contributed by atoms with Crippen LogP contribution in [0.1, 0.15) is 22.3 Å². The number of carbonyl (C=O) groups is 2. The second-order valence-electron chi connectivity index (χ2n) is 4.31. The van der Waals surface area contributed by atoms with Gasteiger partial charge in [0.1, 0.15) is 0 Å². The van der Waals surface area contributed by atoms with Gasteiger partial charge in [-0.1, -0.05) is 47.9 Å². The minimum absolute atomic E-state index is 0.0540. The molecular weight excluding hydrogens is 286 g/mol. The molecule has 0 aliphatic carbocycles. The van der Waals surface area contributed by atoms with Gasteiger partial charge in [0.2, 0.25) is 5.91 Å². The SMILES string of the molecule is C#CCC(=O)Nc1ccc(Cl)cc1C(=O)c1ccccc1. The van der Waals surface area contributed by atoms with E-state index in [1.165, 1.54) is 6.07 Å². The number of ketones is 1. The molecule has 0 aromatic heterocycles. The summed E-state index contributed by atoms with van der Waals surface area (Å²) in [7, 11) is 0. The molecule has 0 fully saturated rings. The van der Waals surface area contributed by atoms with Crippen LogP contribution in [-0.2, 0) is 4.79 Å². The zero-order chi connectivity index (χ0) is 15.2. The smallest absolute Gasteiger partial charge is 0.236 e. The van der Waals surface area contributed by atoms with Crippen LogP contribution in [0.15, 0.2) is 48.5 Å². The molecular formula is C17H12ClNO2. The predicted molar refractivity (Wildman–Crippen MR) is 83.4 cm³/mol. The van der Waals surface area contributed by atoms with Crippen molar-refractivity contribution in [3.63, 3.8) is 0 Å². The number of benzene rings is 2. The standard InChI is InChI=1S/C17H12ClNO2/c1-2-6-16(20)19-15-10-9-13(18)11-14(15)17(21)12-7-4-3-5-8-12/h1,3-5,7-11H,6H2,(H,19,20). The average molecular weight is 298 g/mol. The summed E-state index contributed by atoms with van der Waals surface area (Å²) < 4.78 is 0. The van der Waals surface area contributed by atoms with Gasteiger partial charge in [-0.3, -0.25) is 9.59 Å². The van der Waals surface area contributed by atoms with Crippen molar-refractivity contribution < 1.29 is 9.59 Å². The fraction of sp³-hybridized carbons (Fsp3) is 0.0588. The number of hydrogen-bond acceptors (Lipinski definition) is 2. The number of anilines is 1. The van der Waals surface area contributed by atoms with Gasteiger partial charge < -0.3 is 5.32 Å². The first-order valence-corrected chi connectivity index (χ1v) is 6.62. The van der Waals surface area contributed by atoms with Gasteiger partial charge in [-0.15, -0.1) is 6.42 Å². The number of rotatable bonds is 4. The molecule has 1 amide bonds. The topological polar surface area (TPSA) is 46.2 Å². The maximum atomic E-state index is 12.5. The van der Waals surface area contributed by atoms with Crippen molar-refractivity contribution in [3.05, 3.63) is 64.7 Å². The molecule has 0 unspecified atom stereocenters. The molecule has 104 valence electrons. The highest BCUT2D eigenvalue weighted by atomic mass is 35.5. The monoisotopic (exact) mass is 297 g/mol. The van der Waals surface area contributed by atoms with E-state index >= 15 is 0 Å². The van der Waals surface area contributed by atoms with Gasteiger partial charge in [0.05, 0.1) is 12.1 Å². The summed E-state index contributed by atoms with van der Waals surface area (Å²) in [6, 6.07) is 13.5. The molecule has 2 aromatic carbocycles. The van der Waals surface area contributed by atoms with Crippen LogP contribution in [0.2, 0.25) is 5.02 Å². The van der Waals surface area contributed by atoms with E-state index in [0.29, 0.717) is 21.8 Å². The molecule has 2 aromatic rings. The maximum absolute atomic E-state index is 12.5. The second kappa shape index (κ2) is 6.74. The van der Waals surface area contributed by atoms with Gasteiger partial charge in [0.25, 0.3) is 0 Å². The molecule has 1 N–H and O–H groups in total. The first-order valence-electron chi connectivity index (χ1n) is 6.24. The summed E-state index contributed by atoms with van der Waals surface area (Å²) in [6.45, 7) is 0. The zero-order valence-corrected chi connectivity index (χ0v) is 11.9. The van der Waals surface area contributed by atoms with E-state index in [9.17, 15) is 9.59 Å². The van der Waals surface area contributed by atoms with E-state index in [1.54, 1.807) is 36.4 Å². The number of hydrogen-bond donors (Lipinski definition) is 1. The maximum Gasteiger partial charge on any atom is 0.236 e. The van der Waals surface area contributed by atoms with Crippen LogP contribution in [0.25, 0.3) is 0 Å².